The van der Waals surface area contributed by atoms with Crippen LogP contribution in [0.1, 0.15) is 0 Å². The average molecular weight is 253 g/mol. The zero-order valence-corrected chi connectivity index (χ0v) is 9.83. The molecular weight excluding hydrogens is 243 g/mol. The van der Waals surface area contributed by atoms with Gasteiger partial charge < -0.3 is 9.84 Å². The largest absolute Gasteiger partial charge is 0.508 e. The summed E-state index contributed by atoms with van der Waals surface area (Å²) in [6, 6.07) is 8.82. The predicted octanol–water partition coefficient (Wildman–Crippen LogP) is 3.86. The van der Waals surface area contributed by atoms with Crippen LogP contribution < -0.4 is 4.74 Å². The van der Waals surface area contributed by atoms with Crippen LogP contribution >= 0.6 is 11.6 Å². The molecule has 0 spiro atoms. The van der Waals surface area contributed by atoms with E-state index < -0.39 is 5.82 Å². The molecule has 0 saturated heterocycles. The molecule has 0 aliphatic rings. The molecule has 0 unspecified atom stereocenters. The van der Waals surface area contributed by atoms with Crippen molar-refractivity contribution in [1.29, 1.82) is 0 Å². The number of aromatic hydroxyl groups is 1. The van der Waals surface area contributed by atoms with Gasteiger partial charge in [-0.05, 0) is 42.0 Å². The Labute approximate surface area is 103 Å². The molecule has 0 heterocycles. The highest BCUT2D eigenvalue weighted by Gasteiger charge is 2.08. The van der Waals surface area contributed by atoms with Crippen molar-refractivity contribution in [2.45, 2.75) is 0 Å². The number of halogens is 2. The van der Waals surface area contributed by atoms with Crippen molar-refractivity contribution >= 4 is 11.6 Å². The quantitative estimate of drug-likeness (QED) is 0.879. The van der Waals surface area contributed by atoms with E-state index in [1.165, 1.54) is 31.4 Å². The molecule has 2 aromatic carbocycles. The first-order valence-electron chi connectivity index (χ1n) is 4.93. The van der Waals surface area contributed by atoms with Gasteiger partial charge in [-0.3, -0.25) is 0 Å². The number of methoxy groups -OCH3 is 1. The summed E-state index contributed by atoms with van der Waals surface area (Å²) in [7, 11) is 1.51. The van der Waals surface area contributed by atoms with Crippen LogP contribution in [0.5, 0.6) is 11.5 Å². The Balaban J connectivity index is 2.58. The minimum absolute atomic E-state index is 0.00489. The van der Waals surface area contributed by atoms with Crippen molar-refractivity contribution in [2.75, 3.05) is 7.11 Å². The Morgan fingerprint density at radius 1 is 1.18 bits per heavy atom. The van der Waals surface area contributed by atoms with E-state index in [-0.39, 0.29) is 5.75 Å². The SMILES string of the molecule is COc1ccc(F)c(-c2cc(O)cc(Cl)c2)c1. The highest BCUT2D eigenvalue weighted by molar-refractivity contribution is 6.31. The van der Waals surface area contributed by atoms with Gasteiger partial charge in [0.15, 0.2) is 0 Å². The van der Waals surface area contributed by atoms with Gasteiger partial charge in [-0.2, -0.15) is 0 Å². The van der Waals surface area contributed by atoms with Crippen LogP contribution in [0.15, 0.2) is 36.4 Å². The van der Waals surface area contributed by atoms with Gasteiger partial charge in [0, 0.05) is 10.6 Å². The van der Waals surface area contributed by atoms with Gasteiger partial charge in [0.05, 0.1) is 7.11 Å². The summed E-state index contributed by atoms with van der Waals surface area (Å²) in [6.45, 7) is 0. The lowest BCUT2D eigenvalue weighted by molar-refractivity contribution is 0.414. The molecule has 88 valence electrons. The Morgan fingerprint density at radius 3 is 2.59 bits per heavy atom. The van der Waals surface area contributed by atoms with Crippen LogP contribution in [0.4, 0.5) is 4.39 Å². The maximum absolute atomic E-state index is 13.7. The predicted molar refractivity (Wildman–Crippen MR) is 65.1 cm³/mol. The van der Waals surface area contributed by atoms with Gasteiger partial charge in [-0.25, -0.2) is 4.39 Å². The maximum Gasteiger partial charge on any atom is 0.131 e. The minimum Gasteiger partial charge on any atom is -0.508 e. The summed E-state index contributed by atoms with van der Waals surface area (Å²) >= 11 is 5.81. The van der Waals surface area contributed by atoms with Crippen LogP contribution in [0, 0.1) is 5.82 Å². The van der Waals surface area contributed by atoms with Crippen LogP contribution in [0.2, 0.25) is 5.02 Å². The van der Waals surface area contributed by atoms with E-state index in [4.69, 9.17) is 16.3 Å². The molecule has 2 aromatic rings. The molecule has 4 heteroatoms. The van der Waals surface area contributed by atoms with Crippen LogP contribution in [0.3, 0.4) is 0 Å². The summed E-state index contributed by atoms with van der Waals surface area (Å²) in [5, 5.41) is 9.78. The first-order chi connectivity index (χ1) is 8.10. The van der Waals surface area contributed by atoms with Gasteiger partial charge in [-0.1, -0.05) is 11.6 Å². The van der Waals surface area contributed by atoms with Gasteiger partial charge in [0.2, 0.25) is 0 Å². The average Bonchev–Trinajstić information content (AvgIpc) is 2.28. The first kappa shape index (κ1) is 11.7. The van der Waals surface area contributed by atoms with E-state index >= 15 is 0 Å². The Kier molecular flexibility index (Phi) is 3.20. The number of ether oxygens (including phenoxy) is 1. The highest BCUT2D eigenvalue weighted by Crippen LogP contribution is 2.31. The Morgan fingerprint density at radius 2 is 1.94 bits per heavy atom. The standard InChI is InChI=1S/C13H10ClFO2/c1-17-11-2-3-13(15)12(7-11)8-4-9(14)6-10(16)5-8/h2-7,16H,1H3. The van der Waals surface area contributed by atoms with E-state index in [1.807, 2.05) is 0 Å². The fourth-order valence-corrected chi connectivity index (χ4v) is 1.81. The molecule has 0 atom stereocenters. The van der Waals surface area contributed by atoms with Crippen LogP contribution in [-0.2, 0) is 0 Å². The van der Waals surface area contributed by atoms with Gasteiger partial charge >= 0.3 is 0 Å². The van der Waals surface area contributed by atoms with Gasteiger partial charge in [-0.15, -0.1) is 0 Å². The van der Waals surface area contributed by atoms with Crippen molar-refractivity contribution in [3.8, 4) is 22.6 Å². The summed E-state index contributed by atoms with van der Waals surface area (Å²) in [4.78, 5) is 0. The van der Waals surface area contributed by atoms with E-state index in [0.717, 1.165) is 0 Å². The molecule has 0 saturated carbocycles. The number of hydrogen-bond donors (Lipinski definition) is 1. The molecule has 0 amide bonds. The summed E-state index contributed by atoms with van der Waals surface area (Å²) in [6.07, 6.45) is 0. The van der Waals surface area contributed by atoms with Crippen LogP contribution in [0.25, 0.3) is 11.1 Å². The molecule has 0 aliphatic heterocycles. The molecule has 0 radical (unpaired) electrons. The summed E-state index contributed by atoms with van der Waals surface area (Å²) in [5.74, 6) is 0.142. The third-order valence-electron chi connectivity index (χ3n) is 2.37. The van der Waals surface area contributed by atoms with Crippen molar-refractivity contribution in [1.82, 2.24) is 0 Å². The van der Waals surface area contributed by atoms with E-state index in [0.29, 0.717) is 21.9 Å². The molecule has 0 aromatic heterocycles. The molecule has 17 heavy (non-hydrogen) atoms. The summed E-state index contributed by atoms with van der Waals surface area (Å²) < 4.78 is 18.7. The fourth-order valence-electron chi connectivity index (χ4n) is 1.58. The third-order valence-corrected chi connectivity index (χ3v) is 2.59. The molecule has 2 rings (SSSR count). The minimum atomic E-state index is -0.396. The van der Waals surface area contributed by atoms with Gasteiger partial charge in [0.1, 0.15) is 17.3 Å². The normalized spacial score (nSPS) is 10.3. The molecule has 0 bridgehead atoms. The smallest absolute Gasteiger partial charge is 0.131 e. The maximum atomic E-state index is 13.7. The first-order valence-corrected chi connectivity index (χ1v) is 5.31. The van der Waals surface area contributed by atoms with Crippen molar-refractivity contribution in [3.05, 3.63) is 47.2 Å². The van der Waals surface area contributed by atoms with Gasteiger partial charge in [0.25, 0.3) is 0 Å². The highest BCUT2D eigenvalue weighted by atomic mass is 35.5. The summed E-state index contributed by atoms with van der Waals surface area (Å²) in [5.41, 5.74) is 0.841. The second kappa shape index (κ2) is 4.63. The third kappa shape index (κ3) is 2.50. The number of phenolic OH excluding ortho intramolecular Hbond substituents is 1. The lowest BCUT2D eigenvalue weighted by atomic mass is 10.0. The molecule has 0 aliphatic carbocycles. The molecule has 1 N–H and O–H groups in total. The topological polar surface area (TPSA) is 29.5 Å². The van der Waals surface area contributed by atoms with E-state index in [9.17, 15) is 9.50 Å². The number of benzene rings is 2. The molecule has 0 fully saturated rings. The zero-order chi connectivity index (χ0) is 12.4. The van der Waals surface area contributed by atoms with E-state index in [1.54, 1.807) is 12.1 Å². The monoisotopic (exact) mass is 252 g/mol. The van der Waals surface area contributed by atoms with Crippen LogP contribution in [-0.4, -0.2) is 12.2 Å². The second-order valence-corrected chi connectivity index (χ2v) is 3.98. The van der Waals surface area contributed by atoms with Crippen molar-refractivity contribution < 1.29 is 14.2 Å². The second-order valence-electron chi connectivity index (χ2n) is 3.54. The number of phenols is 1. The van der Waals surface area contributed by atoms with E-state index in [2.05, 4.69) is 0 Å². The fraction of sp³-hybridized carbons (Fsp3) is 0.0769. The lowest BCUT2D eigenvalue weighted by Gasteiger charge is -2.07. The lowest BCUT2D eigenvalue weighted by Crippen LogP contribution is -1.88. The number of hydrogen-bond acceptors (Lipinski definition) is 2. The van der Waals surface area contributed by atoms with Crippen molar-refractivity contribution in [2.24, 2.45) is 0 Å². The Bertz CT molecular complexity index is 535. The molecule has 2 nitrogen and oxygen atoms in total. The Hall–Kier alpha value is -1.74. The number of rotatable bonds is 2. The zero-order valence-electron chi connectivity index (χ0n) is 9.08. The molecular formula is C13H10ClFO2. The van der Waals surface area contributed by atoms with Crippen molar-refractivity contribution in [3.63, 3.8) is 0 Å².